The standard InChI is InChI=1S/C16H12N6O4/c23-21(24)14-6-7-15(16(8-14)22(25)26)19-17-9-12-10-18-20(11-12)13-4-2-1-3-5-13/h1-11,19H/b17-9-. The largest absolute Gasteiger partial charge is 0.301 e. The number of anilines is 1. The Morgan fingerprint density at radius 3 is 2.54 bits per heavy atom. The molecular formula is C16H12N6O4. The Morgan fingerprint density at radius 1 is 1.08 bits per heavy atom. The summed E-state index contributed by atoms with van der Waals surface area (Å²) in [5, 5.41) is 29.9. The second kappa shape index (κ2) is 7.21. The molecule has 10 heteroatoms. The maximum Gasteiger partial charge on any atom is 0.301 e. The average Bonchev–Trinajstić information content (AvgIpc) is 3.11. The number of hydrogen-bond donors (Lipinski definition) is 1. The van der Waals surface area contributed by atoms with E-state index < -0.39 is 15.5 Å². The lowest BCUT2D eigenvalue weighted by molar-refractivity contribution is -0.393. The minimum Gasteiger partial charge on any atom is -0.272 e. The smallest absolute Gasteiger partial charge is 0.272 e. The number of nitro benzene ring substituents is 2. The molecule has 0 unspecified atom stereocenters. The number of nitrogens with one attached hydrogen (secondary N) is 1. The van der Waals surface area contributed by atoms with Crippen LogP contribution < -0.4 is 5.43 Å². The highest BCUT2D eigenvalue weighted by Gasteiger charge is 2.19. The number of benzene rings is 2. The molecular weight excluding hydrogens is 340 g/mol. The normalized spacial score (nSPS) is 10.8. The van der Waals surface area contributed by atoms with Gasteiger partial charge in [-0.1, -0.05) is 18.2 Å². The molecule has 1 heterocycles. The van der Waals surface area contributed by atoms with Gasteiger partial charge in [0.1, 0.15) is 5.69 Å². The van der Waals surface area contributed by atoms with E-state index in [1.54, 1.807) is 17.1 Å². The van der Waals surface area contributed by atoms with Crippen molar-refractivity contribution in [2.45, 2.75) is 0 Å². The van der Waals surface area contributed by atoms with Crippen LogP contribution in [0.3, 0.4) is 0 Å². The molecule has 0 bridgehead atoms. The molecule has 0 spiro atoms. The number of aromatic nitrogens is 2. The van der Waals surface area contributed by atoms with Crippen molar-refractivity contribution >= 4 is 23.3 Å². The van der Waals surface area contributed by atoms with Gasteiger partial charge in [0.15, 0.2) is 0 Å². The minimum atomic E-state index is -0.710. The zero-order valence-corrected chi connectivity index (χ0v) is 13.2. The van der Waals surface area contributed by atoms with Crippen LogP contribution in [-0.2, 0) is 0 Å². The Bertz CT molecular complexity index is 983. The lowest BCUT2D eigenvalue weighted by Crippen LogP contribution is -1.98. The van der Waals surface area contributed by atoms with Crippen LogP contribution in [0, 0.1) is 20.2 Å². The number of hydrogen-bond acceptors (Lipinski definition) is 7. The molecule has 0 saturated carbocycles. The molecule has 0 atom stereocenters. The van der Waals surface area contributed by atoms with Crippen LogP contribution in [0.5, 0.6) is 0 Å². The SMILES string of the molecule is O=[N+]([O-])c1ccc(N/N=C\c2cnn(-c3ccccc3)c2)c([N+](=O)[O-])c1. The molecule has 26 heavy (non-hydrogen) atoms. The van der Waals surface area contributed by atoms with E-state index in [1.807, 2.05) is 30.3 Å². The first-order chi connectivity index (χ1) is 12.5. The topological polar surface area (TPSA) is 128 Å². The van der Waals surface area contributed by atoms with E-state index in [1.165, 1.54) is 12.3 Å². The van der Waals surface area contributed by atoms with Crippen LogP contribution in [0.4, 0.5) is 17.1 Å². The van der Waals surface area contributed by atoms with E-state index >= 15 is 0 Å². The molecule has 0 aliphatic heterocycles. The molecule has 1 aromatic heterocycles. The molecule has 3 rings (SSSR count). The van der Waals surface area contributed by atoms with Crippen LogP contribution in [0.15, 0.2) is 66.0 Å². The van der Waals surface area contributed by atoms with Crippen molar-refractivity contribution < 1.29 is 9.85 Å². The Hall–Kier alpha value is -4.08. The molecule has 1 N–H and O–H groups in total. The first kappa shape index (κ1) is 16.8. The molecule has 0 fully saturated rings. The Morgan fingerprint density at radius 2 is 1.85 bits per heavy atom. The van der Waals surface area contributed by atoms with E-state index in [0.717, 1.165) is 17.8 Å². The van der Waals surface area contributed by atoms with E-state index in [9.17, 15) is 20.2 Å². The van der Waals surface area contributed by atoms with Gasteiger partial charge < -0.3 is 0 Å². The average molecular weight is 352 g/mol. The summed E-state index contributed by atoms with van der Waals surface area (Å²) in [4.78, 5) is 20.4. The van der Waals surface area contributed by atoms with E-state index in [4.69, 9.17) is 0 Å². The summed E-state index contributed by atoms with van der Waals surface area (Å²) in [6, 6.07) is 12.7. The van der Waals surface area contributed by atoms with Gasteiger partial charge >= 0.3 is 5.69 Å². The molecule has 130 valence electrons. The molecule has 2 aromatic carbocycles. The van der Waals surface area contributed by atoms with Crippen LogP contribution in [0.2, 0.25) is 0 Å². The number of nitrogens with zero attached hydrogens (tertiary/aromatic N) is 5. The summed E-state index contributed by atoms with van der Waals surface area (Å²) < 4.78 is 1.66. The monoisotopic (exact) mass is 352 g/mol. The second-order valence-corrected chi connectivity index (χ2v) is 5.14. The summed E-state index contributed by atoms with van der Waals surface area (Å²) in [6.45, 7) is 0. The molecule has 0 amide bonds. The first-order valence-electron chi connectivity index (χ1n) is 7.36. The van der Waals surface area contributed by atoms with E-state index in [2.05, 4.69) is 15.6 Å². The highest BCUT2D eigenvalue weighted by molar-refractivity contribution is 5.80. The van der Waals surface area contributed by atoms with Crippen molar-refractivity contribution in [1.82, 2.24) is 9.78 Å². The van der Waals surface area contributed by atoms with Gasteiger partial charge in [0, 0.05) is 17.8 Å². The maximum absolute atomic E-state index is 11.1. The molecule has 0 saturated heterocycles. The molecule has 10 nitrogen and oxygen atoms in total. The Kier molecular flexibility index (Phi) is 4.65. The predicted octanol–water partition coefficient (Wildman–Crippen LogP) is 3.13. The third-order valence-electron chi connectivity index (χ3n) is 3.41. The van der Waals surface area contributed by atoms with Crippen molar-refractivity contribution in [2.24, 2.45) is 5.10 Å². The third kappa shape index (κ3) is 3.70. The highest BCUT2D eigenvalue weighted by atomic mass is 16.6. The quantitative estimate of drug-likeness (QED) is 0.412. The van der Waals surface area contributed by atoms with Gasteiger partial charge in [-0.15, -0.1) is 0 Å². The van der Waals surface area contributed by atoms with Crippen molar-refractivity contribution in [3.8, 4) is 5.69 Å². The number of nitro groups is 2. The second-order valence-electron chi connectivity index (χ2n) is 5.14. The summed E-state index contributed by atoms with van der Waals surface area (Å²) in [7, 11) is 0. The van der Waals surface area contributed by atoms with Gasteiger partial charge in [-0.25, -0.2) is 4.68 Å². The lowest BCUT2D eigenvalue weighted by Gasteiger charge is -2.01. The zero-order chi connectivity index (χ0) is 18.5. The fourth-order valence-corrected chi connectivity index (χ4v) is 2.18. The molecule has 0 aliphatic rings. The zero-order valence-electron chi connectivity index (χ0n) is 13.2. The van der Waals surface area contributed by atoms with E-state index in [0.29, 0.717) is 5.56 Å². The van der Waals surface area contributed by atoms with Gasteiger partial charge in [-0.05, 0) is 18.2 Å². The number of para-hydroxylation sites is 1. The van der Waals surface area contributed by atoms with Crippen molar-refractivity contribution in [3.05, 3.63) is 86.7 Å². The molecule has 0 aliphatic carbocycles. The van der Waals surface area contributed by atoms with Crippen molar-refractivity contribution in [3.63, 3.8) is 0 Å². The number of rotatable bonds is 6. The minimum absolute atomic E-state index is 0.0484. The molecule has 3 aromatic rings. The predicted molar refractivity (Wildman–Crippen MR) is 94.5 cm³/mol. The van der Waals surface area contributed by atoms with Gasteiger partial charge in [0.05, 0.1) is 34.0 Å². The fraction of sp³-hybridized carbons (Fsp3) is 0. The maximum atomic E-state index is 11.1. The third-order valence-corrected chi connectivity index (χ3v) is 3.41. The Labute approximate surface area is 146 Å². The van der Waals surface area contributed by atoms with Crippen molar-refractivity contribution in [1.29, 1.82) is 0 Å². The summed E-state index contributed by atoms with van der Waals surface area (Å²) in [5.41, 5.74) is 3.33. The number of hydrazone groups is 1. The van der Waals surface area contributed by atoms with Gasteiger partial charge in [-0.3, -0.25) is 25.7 Å². The summed E-state index contributed by atoms with van der Waals surface area (Å²) in [6.07, 6.45) is 4.77. The summed E-state index contributed by atoms with van der Waals surface area (Å²) >= 11 is 0. The number of non-ortho nitro benzene ring substituents is 1. The lowest BCUT2D eigenvalue weighted by atomic mass is 10.2. The van der Waals surface area contributed by atoms with Gasteiger partial charge in [0.2, 0.25) is 0 Å². The van der Waals surface area contributed by atoms with E-state index in [-0.39, 0.29) is 11.4 Å². The summed E-state index contributed by atoms with van der Waals surface area (Å²) in [5.74, 6) is 0. The molecule has 0 radical (unpaired) electrons. The fourth-order valence-electron chi connectivity index (χ4n) is 2.18. The van der Waals surface area contributed by atoms with Gasteiger partial charge in [-0.2, -0.15) is 10.2 Å². The van der Waals surface area contributed by atoms with Gasteiger partial charge in [0.25, 0.3) is 5.69 Å². The first-order valence-corrected chi connectivity index (χ1v) is 7.36. The van der Waals surface area contributed by atoms with Crippen LogP contribution in [0.25, 0.3) is 5.69 Å². The van der Waals surface area contributed by atoms with Crippen LogP contribution in [0.1, 0.15) is 5.56 Å². The highest BCUT2D eigenvalue weighted by Crippen LogP contribution is 2.28. The van der Waals surface area contributed by atoms with Crippen molar-refractivity contribution in [2.75, 3.05) is 5.43 Å². The Balaban J connectivity index is 1.76. The van der Waals surface area contributed by atoms with Crippen LogP contribution in [-0.4, -0.2) is 25.8 Å². The van der Waals surface area contributed by atoms with Crippen LogP contribution >= 0.6 is 0 Å².